The molecule has 0 unspecified atom stereocenters. The summed E-state index contributed by atoms with van der Waals surface area (Å²) >= 11 is 1.72. The Hall–Kier alpha value is -2.54. The lowest BCUT2D eigenvalue weighted by Crippen LogP contribution is -2.17. The van der Waals surface area contributed by atoms with Crippen LogP contribution in [0.25, 0.3) is 0 Å². The normalized spacial score (nSPS) is 13.0. The van der Waals surface area contributed by atoms with E-state index in [1.807, 2.05) is 12.1 Å². The lowest BCUT2D eigenvalue weighted by atomic mass is 10.2. The van der Waals surface area contributed by atoms with Gasteiger partial charge in [0.05, 0.1) is 24.7 Å². The van der Waals surface area contributed by atoms with Crippen molar-refractivity contribution in [3.63, 3.8) is 0 Å². The summed E-state index contributed by atoms with van der Waals surface area (Å²) in [5.74, 6) is 2.23. The molecule has 0 aliphatic carbocycles. The Kier molecular flexibility index (Phi) is 4.71. The molecule has 0 fully saturated rings. The molecule has 1 aliphatic rings. The van der Waals surface area contributed by atoms with Crippen LogP contribution < -0.4 is 9.47 Å². The van der Waals surface area contributed by atoms with E-state index in [0.29, 0.717) is 12.3 Å². The van der Waals surface area contributed by atoms with E-state index in [2.05, 4.69) is 10.8 Å². The fourth-order valence-corrected chi connectivity index (χ4v) is 3.48. The molecular weight excluding hydrogens is 328 g/mol. The summed E-state index contributed by atoms with van der Waals surface area (Å²) in [6.07, 6.45) is 2.08. The number of benzene rings is 2. The maximum atomic E-state index is 10.7. The van der Waals surface area contributed by atoms with Crippen molar-refractivity contribution in [3.05, 3.63) is 57.6 Å². The molecule has 3 rings (SSSR count). The summed E-state index contributed by atoms with van der Waals surface area (Å²) in [5.41, 5.74) is 2.21. The quantitative estimate of drug-likeness (QED) is 0.473. The van der Waals surface area contributed by atoms with Gasteiger partial charge in [-0.05, 0) is 24.3 Å². The number of nitrogens with zero attached hydrogens (tertiary/aromatic N) is 2. The number of rotatable bonds is 5. The monoisotopic (exact) mass is 345 g/mol. The van der Waals surface area contributed by atoms with Gasteiger partial charge in [0, 0.05) is 22.6 Å². The summed E-state index contributed by atoms with van der Waals surface area (Å²) in [6.45, 7) is 0.693. The first-order chi connectivity index (χ1) is 11.6. The van der Waals surface area contributed by atoms with E-state index < -0.39 is 0 Å². The first kappa shape index (κ1) is 16.3. The molecule has 124 valence electrons. The molecule has 0 bridgehead atoms. The van der Waals surface area contributed by atoms with Crippen LogP contribution >= 0.6 is 11.8 Å². The smallest absolute Gasteiger partial charge is 0.269 e. The second kappa shape index (κ2) is 6.92. The summed E-state index contributed by atoms with van der Waals surface area (Å²) in [6, 6.07) is 10.6. The van der Waals surface area contributed by atoms with Gasteiger partial charge in [-0.15, -0.1) is 0 Å². The number of thioether (sulfide) groups is 1. The van der Waals surface area contributed by atoms with Gasteiger partial charge < -0.3 is 9.47 Å². The van der Waals surface area contributed by atoms with Gasteiger partial charge in [-0.2, -0.15) is 0 Å². The number of methoxy groups -OCH3 is 2. The predicted molar refractivity (Wildman–Crippen MR) is 92.5 cm³/mol. The highest BCUT2D eigenvalue weighted by molar-refractivity contribution is 7.99. The molecule has 0 saturated heterocycles. The van der Waals surface area contributed by atoms with Crippen molar-refractivity contribution >= 4 is 23.7 Å². The molecule has 2 aromatic carbocycles. The van der Waals surface area contributed by atoms with Crippen LogP contribution in [0.4, 0.5) is 5.69 Å². The summed E-state index contributed by atoms with van der Waals surface area (Å²) in [5, 5.41) is 10.7. The van der Waals surface area contributed by atoms with Crippen LogP contribution in [0, 0.1) is 10.1 Å². The molecule has 0 atom stereocenters. The molecule has 0 radical (unpaired) electrons. The first-order valence-corrected chi connectivity index (χ1v) is 8.30. The van der Waals surface area contributed by atoms with Crippen molar-refractivity contribution in [2.45, 2.75) is 11.4 Å². The van der Waals surface area contributed by atoms with Gasteiger partial charge in [0.1, 0.15) is 0 Å². The minimum Gasteiger partial charge on any atom is -0.493 e. The third-order valence-electron chi connectivity index (χ3n) is 3.76. The van der Waals surface area contributed by atoms with E-state index >= 15 is 0 Å². The number of fused-ring (bicyclic) bond motifs is 1. The third kappa shape index (κ3) is 3.35. The van der Waals surface area contributed by atoms with Crippen LogP contribution in [-0.4, -0.2) is 35.8 Å². The highest BCUT2D eigenvalue weighted by Gasteiger charge is 2.20. The number of nitro groups is 1. The van der Waals surface area contributed by atoms with Crippen molar-refractivity contribution in [3.8, 4) is 11.5 Å². The van der Waals surface area contributed by atoms with Gasteiger partial charge in [0.15, 0.2) is 30.1 Å². The Morgan fingerprint density at radius 1 is 1.17 bits per heavy atom. The van der Waals surface area contributed by atoms with Crippen molar-refractivity contribution in [1.29, 1.82) is 0 Å². The fourth-order valence-electron chi connectivity index (χ4n) is 2.54. The Bertz CT molecular complexity index is 803. The minimum atomic E-state index is -0.386. The molecule has 7 heteroatoms. The Morgan fingerprint density at radius 3 is 2.46 bits per heavy atom. The number of ether oxygens (including phenoxy) is 2. The lowest BCUT2D eigenvalue weighted by Gasteiger charge is -2.15. The van der Waals surface area contributed by atoms with Crippen LogP contribution in [0.3, 0.4) is 0 Å². The second-order valence-corrected chi connectivity index (χ2v) is 6.30. The van der Waals surface area contributed by atoms with Crippen molar-refractivity contribution in [2.75, 3.05) is 20.1 Å². The Morgan fingerprint density at radius 2 is 1.83 bits per heavy atom. The van der Waals surface area contributed by atoms with Crippen molar-refractivity contribution in [2.24, 2.45) is 0 Å². The lowest BCUT2D eigenvalue weighted by molar-refractivity contribution is -0.519. The molecule has 2 aromatic rings. The van der Waals surface area contributed by atoms with Crippen LogP contribution in [0.15, 0.2) is 41.3 Å². The van der Waals surface area contributed by atoms with Crippen molar-refractivity contribution in [1.82, 2.24) is 0 Å². The highest BCUT2D eigenvalue weighted by Crippen LogP contribution is 2.36. The van der Waals surface area contributed by atoms with Crippen LogP contribution in [-0.2, 0) is 6.54 Å². The van der Waals surface area contributed by atoms with Gasteiger partial charge in [0.2, 0.25) is 0 Å². The van der Waals surface area contributed by atoms with Crippen LogP contribution in [0.5, 0.6) is 11.5 Å². The average Bonchev–Trinajstić information content (AvgIpc) is 2.60. The zero-order valence-corrected chi connectivity index (χ0v) is 14.2. The molecule has 24 heavy (non-hydrogen) atoms. The van der Waals surface area contributed by atoms with Crippen LogP contribution in [0.2, 0.25) is 0 Å². The van der Waals surface area contributed by atoms with Gasteiger partial charge in [-0.25, -0.2) is 4.58 Å². The molecular formula is C17H17N2O4S+. The van der Waals surface area contributed by atoms with Crippen LogP contribution in [0.1, 0.15) is 11.1 Å². The first-order valence-electron chi connectivity index (χ1n) is 7.32. The minimum absolute atomic E-state index is 0.109. The average molecular weight is 345 g/mol. The Balaban J connectivity index is 1.83. The standard InChI is InChI=1S/C17H17N2O4S/c1-22-15-7-13-10-18(11-24-17(13)8-16(15)23-2)9-12-3-5-14(6-4-12)19(20)21/h3-8,10H,9,11H2,1-2H3/q+1. The molecule has 1 heterocycles. The third-order valence-corrected chi connectivity index (χ3v) is 4.88. The zero-order chi connectivity index (χ0) is 17.1. The molecule has 1 aliphatic heterocycles. The van der Waals surface area contributed by atoms with Gasteiger partial charge in [0.25, 0.3) is 5.69 Å². The zero-order valence-electron chi connectivity index (χ0n) is 13.4. The molecule has 0 N–H and O–H groups in total. The summed E-state index contributed by atoms with van der Waals surface area (Å²) < 4.78 is 12.9. The van der Waals surface area contributed by atoms with Crippen molar-refractivity contribution < 1.29 is 19.0 Å². The second-order valence-electron chi connectivity index (χ2n) is 5.32. The summed E-state index contributed by atoms with van der Waals surface area (Å²) in [4.78, 5) is 11.5. The van der Waals surface area contributed by atoms with Gasteiger partial charge in [-0.3, -0.25) is 10.1 Å². The van der Waals surface area contributed by atoms with Gasteiger partial charge >= 0.3 is 0 Å². The van der Waals surface area contributed by atoms with E-state index in [-0.39, 0.29) is 10.6 Å². The number of hydrogen-bond acceptors (Lipinski definition) is 5. The van der Waals surface area contributed by atoms with E-state index in [1.165, 1.54) is 12.1 Å². The SMILES string of the molecule is COc1cc2c(cc1OC)SC[N+](Cc1ccc([N+](=O)[O-])cc1)=C2. The van der Waals surface area contributed by atoms with Gasteiger partial charge in [-0.1, -0.05) is 11.8 Å². The maximum Gasteiger partial charge on any atom is 0.269 e. The van der Waals surface area contributed by atoms with E-state index in [0.717, 1.165) is 27.6 Å². The fraction of sp³-hybridized carbons (Fsp3) is 0.235. The molecule has 0 saturated carbocycles. The van der Waals surface area contributed by atoms with E-state index in [1.54, 1.807) is 38.1 Å². The summed E-state index contributed by atoms with van der Waals surface area (Å²) in [7, 11) is 3.25. The maximum absolute atomic E-state index is 10.7. The molecule has 6 nitrogen and oxygen atoms in total. The topological polar surface area (TPSA) is 64.6 Å². The highest BCUT2D eigenvalue weighted by atomic mass is 32.2. The number of nitro benzene ring substituents is 1. The Labute approximate surface area is 143 Å². The molecule has 0 spiro atoms. The van der Waals surface area contributed by atoms with E-state index in [4.69, 9.17) is 9.47 Å². The largest absolute Gasteiger partial charge is 0.493 e. The number of non-ortho nitro benzene ring substituents is 1. The number of hydrogen-bond donors (Lipinski definition) is 0. The molecule has 0 amide bonds. The van der Waals surface area contributed by atoms with E-state index in [9.17, 15) is 10.1 Å². The molecule has 0 aromatic heterocycles. The predicted octanol–water partition coefficient (Wildman–Crippen LogP) is 3.31.